The Bertz CT molecular complexity index is 2890. The lowest BCUT2D eigenvalue weighted by atomic mass is 9.82. The summed E-state index contributed by atoms with van der Waals surface area (Å²) >= 11 is 0. The van der Waals surface area contributed by atoms with E-state index in [0.717, 1.165) is 89.4 Å². The molecule has 2 aliphatic heterocycles. The Morgan fingerprint density at radius 2 is 0.859 bits per heavy atom. The van der Waals surface area contributed by atoms with Gasteiger partial charge in [-0.15, -0.1) is 0 Å². The molecule has 0 aliphatic carbocycles. The minimum absolute atomic E-state index is 0.219. The van der Waals surface area contributed by atoms with Gasteiger partial charge in [0.1, 0.15) is 0 Å². The molecule has 8 nitrogen and oxygen atoms in total. The van der Waals surface area contributed by atoms with Crippen molar-refractivity contribution in [2.75, 3.05) is 13.2 Å². The molecule has 2 N–H and O–H groups in total. The van der Waals surface area contributed by atoms with Crippen LogP contribution in [0.5, 0.6) is 0 Å². The zero-order valence-electron chi connectivity index (χ0n) is 37.9. The van der Waals surface area contributed by atoms with Crippen molar-refractivity contribution in [3.63, 3.8) is 0 Å². The molecule has 2 aliphatic rings. The number of aryl methyl sites for hydroxylation is 2. The first-order valence-electron chi connectivity index (χ1n) is 22.2. The van der Waals surface area contributed by atoms with Gasteiger partial charge >= 0.3 is 11.9 Å². The minimum Gasteiger partial charge on any atom is -0.462 e. The molecule has 0 radical (unpaired) electrons. The van der Waals surface area contributed by atoms with Crippen LogP contribution in [0.2, 0.25) is 0 Å². The van der Waals surface area contributed by atoms with Gasteiger partial charge in [-0.1, -0.05) is 148 Å². The minimum atomic E-state index is -0.520. The fraction of sp³-hybridized carbons (Fsp3) is 0.250. The van der Waals surface area contributed by atoms with Gasteiger partial charge in [-0.25, -0.2) is 9.59 Å². The molecule has 8 bridgehead atoms. The molecule has 0 saturated heterocycles. The quantitative estimate of drug-likeness (QED) is 0.147. The standard InChI is InChI=1S/C56H54N4O4/c1-9-63-53(61)39-29-41-45(35-17-13-11-14-18-35)43-31-56(7,8)52(60-43)48(38-27-23-34(4)24-28-38)50-40(54(62)64-10-2)30-42(58-50)46(36-19-15-12-16-20-36)44-32-55(5,6)51(59-44)47(49(39)57-41)37-25-21-33(3)22-26-37/h11-30,57-58H,9-10,31-32H2,1-8H3. The predicted molar refractivity (Wildman–Crippen MR) is 258 cm³/mol. The largest absolute Gasteiger partial charge is 0.462 e. The zero-order valence-corrected chi connectivity index (χ0v) is 37.9. The van der Waals surface area contributed by atoms with E-state index in [1.807, 2.05) is 62.4 Å². The Morgan fingerprint density at radius 1 is 0.516 bits per heavy atom. The highest BCUT2D eigenvalue weighted by Crippen LogP contribution is 2.46. The van der Waals surface area contributed by atoms with E-state index >= 15 is 0 Å². The number of carbonyl (C=O) groups excluding carboxylic acids is 2. The molecule has 7 aromatic rings. The van der Waals surface area contributed by atoms with Crippen molar-refractivity contribution in [3.8, 4) is 44.5 Å². The first-order chi connectivity index (χ1) is 30.8. The number of hydrogen-bond acceptors (Lipinski definition) is 6. The molecule has 4 aromatic carbocycles. The van der Waals surface area contributed by atoms with Crippen molar-refractivity contribution in [2.24, 2.45) is 0 Å². The summed E-state index contributed by atoms with van der Waals surface area (Å²) in [6, 6.07) is 41.1. The Balaban J connectivity index is 1.61. The number of aromatic nitrogens is 4. The van der Waals surface area contributed by atoms with E-state index in [4.69, 9.17) is 19.4 Å². The highest BCUT2D eigenvalue weighted by Gasteiger charge is 2.38. The Morgan fingerprint density at radius 3 is 1.20 bits per heavy atom. The molecule has 3 aromatic heterocycles. The highest BCUT2D eigenvalue weighted by atomic mass is 16.5. The Kier molecular flexibility index (Phi) is 10.9. The number of fused-ring (bicyclic) bond motifs is 8. The summed E-state index contributed by atoms with van der Waals surface area (Å²) in [5.74, 6) is -0.846. The van der Waals surface area contributed by atoms with Crippen LogP contribution in [0.4, 0.5) is 0 Å². The molecule has 64 heavy (non-hydrogen) atoms. The first kappa shape index (κ1) is 42.3. The summed E-state index contributed by atoms with van der Waals surface area (Å²) in [7, 11) is 0. The number of hydrogen-bond donors (Lipinski definition) is 2. The second kappa shape index (κ2) is 16.6. The van der Waals surface area contributed by atoms with Gasteiger partial charge in [0, 0.05) is 57.0 Å². The van der Waals surface area contributed by atoms with Crippen molar-refractivity contribution >= 4 is 34.0 Å². The van der Waals surface area contributed by atoms with Gasteiger partial charge < -0.3 is 19.4 Å². The molecular formula is C56H54N4O4. The van der Waals surface area contributed by atoms with E-state index in [-0.39, 0.29) is 13.2 Å². The smallest absolute Gasteiger partial charge is 0.340 e. The normalized spacial score (nSPS) is 14.0. The molecule has 0 amide bonds. The Hall–Kier alpha value is -7.06. The van der Waals surface area contributed by atoms with E-state index in [1.165, 1.54) is 0 Å². The van der Waals surface area contributed by atoms with Gasteiger partial charge in [-0.05, 0) is 62.1 Å². The average molecular weight is 847 g/mol. The first-order valence-corrected chi connectivity index (χ1v) is 22.2. The molecular weight excluding hydrogens is 793 g/mol. The molecule has 0 spiro atoms. The third kappa shape index (κ3) is 7.61. The van der Waals surface area contributed by atoms with Crippen LogP contribution in [-0.4, -0.2) is 45.1 Å². The fourth-order valence-corrected chi connectivity index (χ4v) is 9.45. The number of rotatable bonds is 8. The topological polar surface area (TPSA) is 110 Å². The lowest BCUT2D eigenvalue weighted by Crippen LogP contribution is -2.17. The van der Waals surface area contributed by atoms with Crippen LogP contribution in [0.3, 0.4) is 0 Å². The van der Waals surface area contributed by atoms with E-state index in [0.29, 0.717) is 35.0 Å². The van der Waals surface area contributed by atoms with E-state index in [1.54, 1.807) is 0 Å². The number of carbonyl (C=O) groups is 2. The average Bonchev–Trinajstić information content (AvgIpc) is 4.04. The van der Waals surface area contributed by atoms with Crippen molar-refractivity contribution in [2.45, 2.75) is 79.1 Å². The number of ether oxygens (including phenoxy) is 2. The SMILES string of the molecule is CCOC(=O)c1cc2[nH]c1c(-c1ccc(C)cc1)c1nc(c(-c3ccccc3)c3cc(C(=O)OCC)c([nH]3)c(-c3ccc(C)cc3)c3nc(c2-c2ccccc2)CC3(C)C)CC1(C)C. The van der Waals surface area contributed by atoms with Gasteiger partial charge in [-0.3, -0.25) is 9.97 Å². The molecule has 0 fully saturated rings. The van der Waals surface area contributed by atoms with Crippen LogP contribution in [0.15, 0.2) is 121 Å². The molecule has 5 heterocycles. The summed E-state index contributed by atoms with van der Waals surface area (Å²) in [5, 5.41) is 0. The van der Waals surface area contributed by atoms with Crippen molar-refractivity contribution in [1.29, 1.82) is 0 Å². The zero-order chi connectivity index (χ0) is 44.9. The van der Waals surface area contributed by atoms with Crippen LogP contribution in [0.25, 0.3) is 66.6 Å². The number of benzene rings is 4. The third-order valence-corrected chi connectivity index (χ3v) is 12.5. The summed E-state index contributed by atoms with van der Waals surface area (Å²) in [6.45, 7) is 17.1. The van der Waals surface area contributed by atoms with Crippen LogP contribution < -0.4 is 0 Å². The van der Waals surface area contributed by atoms with Gasteiger partial charge in [-0.2, -0.15) is 0 Å². The second-order valence-corrected chi connectivity index (χ2v) is 18.3. The maximum Gasteiger partial charge on any atom is 0.340 e. The summed E-state index contributed by atoms with van der Waals surface area (Å²) in [4.78, 5) is 47.8. The van der Waals surface area contributed by atoms with Gasteiger partial charge in [0.2, 0.25) is 0 Å². The molecule has 9 rings (SSSR count). The third-order valence-electron chi connectivity index (χ3n) is 12.5. The van der Waals surface area contributed by atoms with E-state index in [2.05, 4.69) is 124 Å². The fourth-order valence-electron chi connectivity index (χ4n) is 9.45. The molecule has 322 valence electrons. The molecule has 8 heteroatoms. The van der Waals surface area contributed by atoms with Crippen LogP contribution in [0, 0.1) is 13.8 Å². The molecule has 0 atom stereocenters. The van der Waals surface area contributed by atoms with Crippen molar-refractivity contribution in [1.82, 2.24) is 19.9 Å². The maximum absolute atomic E-state index is 14.4. The van der Waals surface area contributed by atoms with Crippen LogP contribution in [-0.2, 0) is 33.1 Å². The van der Waals surface area contributed by atoms with Gasteiger partial charge in [0.15, 0.2) is 0 Å². The van der Waals surface area contributed by atoms with Crippen molar-refractivity contribution < 1.29 is 19.1 Å². The number of aromatic amines is 2. The lowest BCUT2D eigenvalue weighted by Gasteiger charge is -2.21. The van der Waals surface area contributed by atoms with Crippen molar-refractivity contribution in [3.05, 3.63) is 166 Å². The highest BCUT2D eigenvalue weighted by molar-refractivity contribution is 6.08. The number of H-pyrrole nitrogens is 2. The summed E-state index contributed by atoms with van der Waals surface area (Å²) in [6.07, 6.45) is 1.14. The number of esters is 2. The second-order valence-electron chi connectivity index (χ2n) is 18.3. The predicted octanol–water partition coefficient (Wildman–Crippen LogP) is 13.0. The Labute approximate surface area is 374 Å². The number of nitrogens with zero attached hydrogens (tertiary/aromatic N) is 2. The van der Waals surface area contributed by atoms with E-state index in [9.17, 15) is 9.59 Å². The van der Waals surface area contributed by atoms with Crippen LogP contribution in [0.1, 0.15) is 96.2 Å². The van der Waals surface area contributed by atoms with E-state index < -0.39 is 22.8 Å². The lowest BCUT2D eigenvalue weighted by molar-refractivity contribution is 0.0519. The molecule has 0 unspecified atom stereocenters. The van der Waals surface area contributed by atoms with Gasteiger partial charge in [0.05, 0.1) is 58.1 Å². The van der Waals surface area contributed by atoms with Crippen LogP contribution >= 0.6 is 0 Å². The monoisotopic (exact) mass is 846 g/mol. The maximum atomic E-state index is 14.4. The molecule has 0 saturated carbocycles. The summed E-state index contributed by atoms with van der Waals surface area (Å²) in [5.41, 5.74) is 15.2. The van der Waals surface area contributed by atoms with Gasteiger partial charge in [0.25, 0.3) is 0 Å². The summed E-state index contributed by atoms with van der Waals surface area (Å²) < 4.78 is 11.7. The number of nitrogens with one attached hydrogen (secondary N) is 2.